The van der Waals surface area contributed by atoms with E-state index in [9.17, 15) is 0 Å². The maximum atomic E-state index is 5.17. The van der Waals surface area contributed by atoms with Crippen LogP contribution in [0.5, 0.6) is 0 Å². The fraction of sp³-hybridized carbons (Fsp3) is 0.619. The summed E-state index contributed by atoms with van der Waals surface area (Å²) in [6, 6.07) is 7.36. The van der Waals surface area contributed by atoms with Crippen molar-refractivity contribution in [1.82, 2.24) is 36.2 Å². The van der Waals surface area contributed by atoms with E-state index in [0.29, 0.717) is 24.6 Å². The van der Waals surface area contributed by atoms with Gasteiger partial charge >= 0.3 is 0 Å². The van der Waals surface area contributed by atoms with Gasteiger partial charge in [-0.3, -0.25) is 10.1 Å². The van der Waals surface area contributed by atoms with Crippen molar-refractivity contribution in [2.75, 3.05) is 51.3 Å². The molecule has 0 aromatic carbocycles. The van der Waals surface area contributed by atoms with E-state index >= 15 is 0 Å². The van der Waals surface area contributed by atoms with Gasteiger partial charge in [0.15, 0.2) is 0 Å². The molecule has 2 aromatic heterocycles. The third-order valence-corrected chi connectivity index (χ3v) is 6.56. The second-order valence-corrected chi connectivity index (χ2v) is 8.42. The van der Waals surface area contributed by atoms with Crippen molar-refractivity contribution in [2.24, 2.45) is 5.92 Å². The minimum absolute atomic E-state index is 0.214. The van der Waals surface area contributed by atoms with Gasteiger partial charge in [0, 0.05) is 69.6 Å². The number of ether oxygens (including phenoxy) is 1. The van der Waals surface area contributed by atoms with Gasteiger partial charge in [0.05, 0.1) is 31.1 Å². The number of anilines is 1. The van der Waals surface area contributed by atoms with E-state index in [2.05, 4.69) is 55.9 Å². The molecule has 3 aliphatic heterocycles. The van der Waals surface area contributed by atoms with E-state index < -0.39 is 0 Å². The Morgan fingerprint density at radius 3 is 2.97 bits per heavy atom. The molecular formula is C21H32N8O. The van der Waals surface area contributed by atoms with Crippen molar-refractivity contribution in [3.05, 3.63) is 41.9 Å². The van der Waals surface area contributed by atoms with Crippen LogP contribution in [0.15, 0.2) is 30.6 Å². The molecule has 3 fully saturated rings. The number of hydrogen-bond donors (Lipinski definition) is 4. The number of piperidine rings is 1. The van der Waals surface area contributed by atoms with Crippen LogP contribution in [-0.4, -0.2) is 67.2 Å². The van der Waals surface area contributed by atoms with Crippen molar-refractivity contribution in [2.45, 2.75) is 31.1 Å². The molecule has 5 heterocycles. The number of rotatable bonds is 6. The average molecular weight is 413 g/mol. The third-order valence-electron chi connectivity index (χ3n) is 6.56. The van der Waals surface area contributed by atoms with Gasteiger partial charge in [0.25, 0.3) is 0 Å². The van der Waals surface area contributed by atoms with E-state index in [1.54, 1.807) is 7.11 Å². The summed E-state index contributed by atoms with van der Waals surface area (Å²) >= 11 is 0. The summed E-state index contributed by atoms with van der Waals surface area (Å²) < 4.78 is 7.13. The largest absolute Gasteiger partial charge is 0.383 e. The van der Waals surface area contributed by atoms with Gasteiger partial charge in [-0.2, -0.15) is 5.10 Å². The lowest BCUT2D eigenvalue weighted by Crippen LogP contribution is -2.46. The van der Waals surface area contributed by atoms with Gasteiger partial charge in [-0.15, -0.1) is 0 Å². The molecule has 4 atom stereocenters. The molecule has 0 saturated carbocycles. The van der Waals surface area contributed by atoms with E-state index in [4.69, 9.17) is 9.72 Å². The Kier molecular flexibility index (Phi) is 5.96. The van der Waals surface area contributed by atoms with Crippen molar-refractivity contribution in [3.63, 3.8) is 0 Å². The summed E-state index contributed by atoms with van der Waals surface area (Å²) in [6.07, 6.45) is 5.18. The van der Waals surface area contributed by atoms with Crippen LogP contribution in [0.1, 0.15) is 29.8 Å². The molecule has 0 bridgehead atoms. The molecular weight excluding hydrogens is 380 g/mol. The smallest absolute Gasteiger partial charge is 0.128 e. The first kappa shape index (κ1) is 19.9. The minimum atomic E-state index is 0.214. The van der Waals surface area contributed by atoms with Crippen LogP contribution in [0.4, 0.5) is 5.82 Å². The molecule has 0 spiro atoms. The summed E-state index contributed by atoms with van der Waals surface area (Å²) in [4.78, 5) is 7.42. The van der Waals surface area contributed by atoms with Crippen molar-refractivity contribution >= 4 is 5.82 Å². The lowest BCUT2D eigenvalue weighted by molar-refractivity contribution is 0.183. The highest BCUT2D eigenvalue weighted by atomic mass is 16.5. The molecule has 9 nitrogen and oxygen atoms in total. The molecule has 4 N–H and O–H groups in total. The predicted octanol–water partition coefficient (Wildman–Crippen LogP) is 0.202. The Morgan fingerprint density at radius 1 is 1.20 bits per heavy atom. The van der Waals surface area contributed by atoms with E-state index in [1.807, 2.05) is 10.9 Å². The lowest BCUT2D eigenvalue weighted by atomic mass is 9.82. The van der Waals surface area contributed by atoms with Crippen molar-refractivity contribution < 1.29 is 4.74 Å². The number of methoxy groups -OCH3 is 1. The molecule has 3 saturated heterocycles. The predicted molar refractivity (Wildman–Crippen MR) is 115 cm³/mol. The van der Waals surface area contributed by atoms with Crippen LogP contribution in [0.3, 0.4) is 0 Å². The van der Waals surface area contributed by atoms with Crippen molar-refractivity contribution in [3.8, 4) is 0 Å². The molecule has 30 heavy (non-hydrogen) atoms. The summed E-state index contributed by atoms with van der Waals surface area (Å²) in [5.41, 5.74) is 9.40. The van der Waals surface area contributed by atoms with Gasteiger partial charge in [-0.1, -0.05) is 6.07 Å². The van der Waals surface area contributed by atoms with Crippen LogP contribution >= 0.6 is 0 Å². The number of hydrogen-bond acceptors (Lipinski definition) is 8. The van der Waals surface area contributed by atoms with Crippen LogP contribution in [0, 0.1) is 5.92 Å². The Hall–Kier alpha value is -2.04. The SMILES string of the molecule is COCCn1cc(C2CC3C(CN2)NNC3c2cccc(N3CCNCC3)n2)cn1. The fourth-order valence-corrected chi connectivity index (χ4v) is 4.87. The maximum absolute atomic E-state index is 5.17. The standard InChI is InChI=1S/C21H32N8O/c1-30-10-9-29-14-15(12-24-29)18-11-16-19(13-23-18)26-27-21(16)17-3-2-4-20(25-17)28-7-5-22-6-8-28/h2-4,12,14,16,18-19,21-23,26-27H,5-11,13H2,1H3. The van der Waals surface area contributed by atoms with Gasteiger partial charge in [-0.25, -0.2) is 10.4 Å². The molecule has 9 heteroatoms. The highest BCUT2D eigenvalue weighted by Gasteiger charge is 2.42. The van der Waals surface area contributed by atoms with Crippen molar-refractivity contribution in [1.29, 1.82) is 0 Å². The lowest BCUT2D eigenvalue weighted by Gasteiger charge is -2.34. The van der Waals surface area contributed by atoms with E-state index in [1.165, 1.54) is 5.56 Å². The topological polar surface area (TPSA) is 91.3 Å². The van der Waals surface area contributed by atoms with Crippen LogP contribution in [-0.2, 0) is 11.3 Å². The second kappa shape index (κ2) is 8.99. The number of pyridine rings is 1. The normalized spacial score (nSPS) is 29.2. The summed E-state index contributed by atoms with van der Waals surface area (Å²) in [7, 11) is 1.72. The van der Waals surface area contributed by atoms with E-state index in [0.717, 1.165) is 57.2 Å². The number of fused-ring (bicyclic) bond motifs is 1. The molecule has 0 amide bonds. The third kappa shape index (κ3) is 4.08. The number of hydrazine groups is 1. The second-order valence-electron chi connectivity index (χ2n) is 8.42. The van der Waals surface area contributed by atoms with Crippen LogP contribution < -0.4 is 26.4 Å². The molecule has 5 rings (SSSR count). The quantitative estimate of drug-likeness (QED) is 0.535. The molecule has 162 valence electrons. The number of nitrogens with one attached hydrogen (secondary N) is 4. The zero-order chi connectivity index (χ0) is 20.3. The highest BCUT2D eigenvalue weighted by molar-refractivity contribution is 5.40. The summed E-state index contributed by atoms with van der Waals surface area (Å²) in [5.74, 6) is 1.56. The highest BCUT2D eigenvalue weighted by Crippen LogP contribution is 2.38. The summed E-state index contributed by atoms with van der Waals surface area (Å²) in [5, 5.41) is 11.6. The zero-order valence-corrected chi connectivity index (χ0v) is 17.6. The Morgan fingerprint density at radius 2 is 2.10 bits per heavy atom. The molecule has 0 radical (unpaired) electrons. The van der Waals surface area contributed by atoms with Gasteiger partial charge in [-0.05, 0) is 18.6 Å². The zero-order valence-electron chi connectivity index (χ0n) is 17.6. The fourth-order valence-electron chi connectivity index (χ4n) is 4.87. The van der Waals surface area contributed by atoms with E-state index in [-0.39, 0.29) is 6.04 Å². The molecule has 2 aromatic rings. The summed E-state index contributed by atoms with van der Waals surface area (Å²) in [6.45, 7) is 6.45. The maximum Gasteiger partial charge on any atom is 0.128 e. The molecule has 4 unspecified atom stereocenters. The average Bonchev–Trinajstić information content (AvgIpc) is 3.45. The first-order chi connectivity index (χ1) is 14.8. The molecule has 0 aliphatic carbocycles. The number of nitrogens with zero attached hydrogens (tertiary/aromatic N) is 4. The van der Waals surface area contributed by atoms with Gasteiger partial charge in [0.2, 0.25) is 0 Å². The minimum Gasteiger partial charge on any atom is -0.383 e. The number of piperazine rings is 1. The van der Waals surface area contributed by atoms with Gasteiger partial charge in [0.1, 0.15) is 5.82 Å². The molecule has 3 aliphatic rings. The van der Waals surface area contributed by atoms with Gasteiger partial charge < -0.3 is 20.3 Å². The first-order valence-corrected chi connectivity index (χ1v) is 11.0. The Bertz CT molecular complexity index is 836. The first-order valence-electron chi connectivity index (χ1n) is 11.0. The monoisotopic (exact) mass is 412 g/mol. The Balaban J connectivity index is 1.30. The number of aromatic nitrogens is 3. The Labute approximate surface area is 177 Å². The van der Waals surface area contributed by atoms with Crippen LogP contribution in [0.2, 0.25) is 0 Å². The van der Waals surface area contributed by atoms with Crippen LogP contribution in [0.25, 0.3) is 0 Å².